The fraction of sp³-hybridized carbons (Fsp3) is 0.440. The van der Waals surface area contributed by atoms with Gasteiger partial charge in [-0.15, -0.1) is 11.8 Å². The van der Waals surface area contributed by atoms with Gasteiger partial charge in [0.1, 0.15) is 6.04 Å². The number of nitrogens with zero attached hydrogens (tertiary/aromatic N) is 2. The molecule has 1 N–H and O–H groups in total. The summed E-state index contributed by atoms with van der Waals surface area (Å²) in [4.78, 5) is 38.2. The Labute approximate surface area is 219 Å². The number of amides is 2. The Balaban J connectivity index is 1.66. The van der Waals surface area contributed by atoms with Crippen molar-refractivity contribution in [2.24, 2.45) is 0 Å². The van der Waals surface area contributed by atoms with Crippen LogP contribution in [0.3, 0.4) is 0 Å². The number of nitro benzene ring substituents is 1. The van der Waals surface area contributed by atoms with Crippen molar-refractivity contribution in [3.05, 3.63) is 73.8 Å². The van der Waals surface area contributed by atoms with Crippen molar-refractivity contribution in [2.45, 2.75) is 63.4 Å². The molecule has 3 rings (SSSR count). The molecule has 0 radical (unpaired) electrons. The van der Waals surface area contributed by atoms with Crippen molar-refractivity contribution in [1.82, 2.24) is 10.2 Å². The van der Waals surface area contributed by atoms with Crippen molar-refractivity contribution in [2.75, 3.05) is 5.75 Å². The molecule has 0 saturated heterocycles. The first-order chi connectivity index (χ1) is 16.7. The van der Waals surface area contributed by atoms with Crippen LogP contribution in [0, 0.1) is 10.1 Å². The molecule has 0 heterocycles. The quantitative estimate of drug-likeness (QED) is 0.296. The highest BCUT2D eigenvalue weighted by Gasteiger charge is 2.28. The summed E-state index contributed by atoms with van der Waals surface area (Å²) in [5.41, 5.74) is 1.69. The van der Waals surface area contributed by atoms with Crippen LogP contribution >= 0.6 is 35.0 Å². The first-order valence-corrected chi connectivity index (χ1v) is 13.5. The summed E-state index contributed by atoms with van der Waals surface area (Å²) in [5.74, 6) is 0.353. The molecular weight excluding hydrogens is 509 g/mol. The van der Waals surface area contributed by atoms with Crippen LogP contribution in [-0.4, -0.2) is 39.5 Å². The summed E-state index contributed by atoms with van der Waals surface area (Å²) in [6.45, 7) is 1.97. The predicted molar refractivity (Wildman–Crippen MR) is 141 cm³/mol. The number of halogens is 2. The number of benzene rings is 2. The zero-order valence-electron chi connectivity index (χ0n) is 19.5. The Kier molecular flexibility index (Phi) is 10.2. The minimum Gasteiger partial charge on any atom is -0.352 e. The van der Waals surface area contributed by atoms with Crippen LogP contribution in [0.25, 0.3) is 0 Å². The second-order valence-corrected chi connectivity index (χ2v) is 10.5. The number of hydrogen-bond donors (Lipinski definition) is 1. The first kappa shape index (κ1) is 27.3. The van der Waals surface area contributed by atoms with Crippen LogP contribution in [0.5, 0.6) is 0 Å². The molecular formula is C25H29Cl2N3O4S. The summed E-state index contributed by atoms with van der Waals surface area (Å²) < 4.78 is 0. The van der Waals surface area contributed by atoms with Gasteiger partial charge in [-0.3, -0.25) is 19.7 Å². The standard InChI is InChI=1S/C25H29Cl2N3O4S/c1-17(25(32)28-20-5-3-2-4-6-20)29(14-19-9-12-22(26)23(27)13-19)24(31)16-35-15-18-7-10-21(11-8-18)30(33)34/h7-13,17,20H,2-6,14-16H2,1H3,(H,28,32). The predicted octanol–water partition coefficient (Wildman–Crippen LogP) is 6.00. The second-order valence-electron chi connectivity index (χ2n) is 8.71. The maximum absolute atomic E-state index is 13.2. The van der Waals surface area contributed by atoms with Gasteiger partial charge in [-0.1, -0.05) is 60.7 Å². The molecule has 2 aromatic rings. The molecule has 0 aromatic heterocycles. The van der Waals surface area contributed by atoms with E-state index in [1.165, 1.54) is 30.3 Å². The van der Waals surface area contributed by atoms with Crippen LogP contribution in [0.2, 0.25) is 10.0 Å². The van der Waals surface area contributed by atoms with Crippen LogP contribution in [0.4, 0.5) is 5.69 Å². The molecule has 0 spiro atoms. The highest BCUT2D eigenvalue weighted by molar-refractivity contribution is 7.99. The van der Waals surface area contributed by atoms with E-state index in [0.717, 1.165) is 36.8 Å². The number of nitro groups is 1. The first-order valence-electron chi connectivity index (χ1n) is 11.6. The fourth-order valence-electron chi connectivity index (χ4n) is 4.04. The highest BCUT2D eigenvalue weighted by atomic mass is 35.5. The summed E-state index contributed by atoms with van der Waals surface area (Å²) in [6.07, 6.45) is 5.32. The molecule has 10 heteroatoms. The van der Waals surface area contributed by atoms with E-state index < -0.39 is 11.0 Å². The lowest BCUT2D eigenvalue weighted by Gasteiger charge is -2.31. The van der Waals surface area contributed by atoms with Crippen molar-refractivity contribution >= 4 is 52.5 Å². The van der Waals surface area contributed by atoms with E-state index in [9.17, 15) is 19.7 Å². The van der Waals surface area contributed by atoms with E-state index in [1.807, 2.05) is 0 Å². The molecule has 0 aliphatic heterocycles. The zero-order valence-corrected chi connectivity index (χ0v) is 21.9. The molecule has 2 amide bonds. The summed E-state index contributed by atoms with van der Waals surface area (Å²) in [7, 11) is 0. The SMILES string of the molecule is CC(C(=O)NC1CCCCC1)N(Cc1ccc(Cl)c(Cl)c1)C(=O)CSCc1ccc([N+](=O)[O-])cc1. The van der Waals surface area contributed by atoms with Crippen LogP contribution in [0.15, 0.2) is 42.5 Å². The second kappa shape index (κ2) is 13.1. The number of hydrogen-bond acceptors (Lipinski definition) is 5. The van der Waals surface area contributed by atoms with Gasteiger partial charge in [0.05, 0.1) is 20.7 Å². The molecule has 7 nitrogen and oxygen atoms in total. The molecule has 1 unspecified atom stereocenters. The van der Waals surface area contributed by atoms with Gasteiger partial charge in [-0.05, 0) is 43.0 Å². The average molecular weight is 538 g/mol. The molecule has 1 atom stereocenters. The van der Waals surface area contributed by atoms with Gasteiger partial charge >= 0.3 is 0 Å². The van der Waals surface area contributed by atoms with Gasteiger partial charge < -0.3 is 10.2 Å². The minimum atomic E-state index is -0.654. The number of non-ortho nitro benzene ring substituents is 1. The highest BCUT2D eigenvalue weighted by Crippen LogP contribution is 2.25. The lowest BCUT2D eigenvalue weighted by atomic mass is 9.95. The third kappa shape index (κ3) is 8.12. The van der Waals surface area contributed by atoms with Gasteiger partial charge in [0.2, 0.25) is 11.8 Å². The van der Waals surface area contributed by atoms with Gasteiger partial charge in [-0.2, -0.15) is 0 Å². The number of rotatable bonds is 10. The van der Waals surface area contributed by atoms with Crippen molar-refractivity contribution in [3.8, 4) is 0 Å². The number of nitrogens with one attached hydrogen (secondary N) is 1. The number of carbonyl (C=O) groups excluding carboxylic acids is 2. The summed E-state index contributed by atoms with van der Waals surface area (Å²) in [6, 6.07) is 10.9. The molecule has 2 aromatic carbocycles. The Morgan fingerprint density at radius 1 is 1.09 bits per heavy atom. The Bertz CT molecular complexity index is 1050. The van der Waals surface area contributed by atoms with Crippen LogP contribution in [0.1, 0.15) is 50.2 Å². The molecule has 0 bridgehead atoms. The molecule has 1 saturated carbocycles. The Morgan fingerprint density at radius 3 is 2.37 bits per heavy atom. The monoisotopic (exact) mass is 537 g/mol. The van der Waals surface area contributed by atoms with Crippen LogP contribution < -0.4 is 5.32 Å². The summed E-state index contributed by atoms with van der Waals surface area (Å²) in [5, 5.41) is 14.8. The lowest BCUT2D eigenvalue weighted by molar-refractivity contribution is -0.384. The van der Waals surface area contributed by atoms with Gasteiger partial charge in [0.15, 0.2) is 0 Å². The van der Waals surface area contributed by atoms with Gasteiger partial charge in [-0.25, -0.2) is 0 Å². The maximum Gasteiger partial charge on any atom is 0.269 e. The van der Waals surface area contributed by atoms with E-state index in [-0.39, 0.29) is 35.8 Å². The van der Waals surface area contributed by atoms with E-state index >= 15 is 0 Å². The smallest absolute Gasteiger partial charge is 0.269 e. The van der Waals surface area contributed by atoms with Crippen molar-refractivity contribution < 1.29 is 14.5 Å². The summed E-state index contributed by atoms with van der Waals surface area (Å²) >= 11 is 13.6. The molecule has 188 valence electrons. The van der Waals surface area contributed by atoms with Gasteiger partial charge in [0, 0.05) is 30.5 Å². The fourth-order valence-corrected chi connectivity index (χ4v) is 5.23. The minimum absolute atomic E-state index is 0.0282. The number of carbonyl (C=O) groups is 2. The van der Waals surface area contributed by atoms with Crippen molar-refractivity contribution in [1.29, 1.82) is 0 Å². The van der Waals surface area contributed by atoms with E-state index in [2.05, 4.69) is 5.32 Å². The number of thioether (sulfide) groups is 1. The molecule has 35 heavy (non-hydrogen) atoms. The maximum atomic E-state index is 13.2. The van der Waals surface area contributed by atoms with Crippen molar-refractivity contribution in [3.63, 3.8) is 0 Å². The third-order valence-electron chi connectivity index (χ3n) is 6.10. The average Bonchev–Trinajstić information content (AvgIpc) is 2.85. The Morgan fingerprint density at radius 2 is 1.74 bits per heavy atom. The molecule has 1 fully saturated rings. The lowest BCUT2D eigenvalue weighted by Crippen LogP contribution is -2.50. The molecule has 1 aliphatic carbocycles. The van der Waals surface area contributed by atoms with Gasteiger partial charge in [0.25, 0.3) is 5.69 Å². The van der Waals surface area contributed by atoms with E-state index in [1.54, 1.807) is 42.2 Å². The Hall–Kier alpha value is -2.29. The largest absolute Gasteiger partial charge is 0.352 e. The third-order valence-corrected chi connectivity index (χ3v) is 7.82. The topological polar surface area (TPSA) is 92.6 Å². The van der Waals surface area contributed by atoms with E-state index in [4.69, 9.17) is 23.2 Å². The molecule has 1 aliphatic rings. The zero-order chi connectivity index (χ0) is 25.4. The van der Waals surface area contributed by atoms with Crippen LogP contribution in [-0.2, 0) is 21.9 Å². The van der Waals surface area contributed by atoms with E-state index in [0.29, 0.717) is 15.8 Å². The normalized spacial score (nSPS) is 14.8.